The number of sulfonamides is 1. The molecule has 5 nitrogen and oxygen atoms in total. The Morgan fingerprint density at radius 3 is 2.50 bits per heavy atom. The predicted octanol–water partition coefficient (Wildman–Crippen LogP) is 2.80. The Kier molecular flexibility index (Phi) is 3.98. The normalized spacial score (nSPS) is 11.2. The van der Waals surface area contributed by atoms with Gasteiger partial charge in [0.05, 0.1) is 17.3 Å². The highest BCUT2D eigenvalue weighted by Gasteiger charge is 2.15. The van der Waals surface area contributed by atoms with E-state index in [2.05, 4.69) is 46.5 Å². The summed E-state index contributed by atoms with van der Waals surface area (Å²) in [5, 5.41) is 0. The molecule has 94 valence electrons. The van der Waals surface area contributed by atoms with Crippen molar-refractivity contribution in [2.45, 2.75) is 4.90 Å². The molecule has 0 aliphatic heterocycles. The number of nitrogens with one attached hydrogen (secondary N) is 1. The van der Waals surface area contributed by atoms with Crippen molar-refractivity contribution < 1.29 is 8.42 Å². The van der Waals surface area contributed by atoms with E-state index in [1.54, 1.807) is 12.1 Å². The fourth-order valence-corrected chi connectivity index (χ4v) is 2.99. The predicted molar refractivity (Wildman–Crippen MR) is 74.7 cm³/mol. The minimum atomic E-state index is -3.65. The quantitative estimate of drug-likeness (QED) is 0.871. The molecule has 0 fully saturated rings. The van der Waals surface area contributed by atoms with Crippen LogP contribution in [0.15, 0.2) is 50.6 Å². The molecule has 0 bridgehead atoms. The number of hydrogen-bond donors (Lipinski definition) is 1. The summed E-state index contributed by atoms with van der Waals surface area (Å²) in [5.41, 5.74) is 0. The van der Waals surface area contributed by atoms with Gasteiger partial charge in [-0.25, -0.2) is 18.4 Å². The smallest absolute Gasteiger partial charge is 0.262 e. The molecular formula is C10H7Br2N3O2S. The number of nitrogens with zero attached hydrogens (tertiary/aromatic N) is 2. The maximum absolute atomic E-state index is 12.0. The third-order valence-corrected chi connectivity index (χ3v) is 4.22. The molecule has 0 aliphatic carbocycles. The van der Waals surface area contributed by atoms with Crippen LogP contribution in [-0.4, -0.2) is 18.4 Å². The lowest BCUT2D eigenvalue weighted by atomic mass is 10.4. The summed E-state index contributed by atoms with van der Waals surface area (Å²) < 4.78 is 27.6. The highest BCUT2D eigenvalue weighted by Crippen LogP contribution is 2.18. The van der Waals surface area contributed by atoms with Crippen LogP contribution in [0.5, 0.6) is 0 Å². The van der Waals surface area contributed by atoms with Gasteiger partial charge >= 0.3 is 0 Å². The van der Waals surface area contributed by atoms with Crippen molar-refractivity contribution in [2.24, 2.45) is 0 Å². The molecule has 0 saturated carbocycles. The molecule has 0 radical (unpaired) electrons. The monoisotopic (exact) mass is 391 g/mol. The van der Waals surface area contributed by atoms with Crippen LogP contribution in [0, 0.1) is 0 Å². The van der Waals surface area contributed by atoms with Crippen LogP contribution in [0.25, 0.3) is 0 Å². The minimum Gasteiger partial charge on any atom is -0.262 e. The summed E-state index contributed by atoms with van der Waals surface area (Å²) in [6.45, 7) is 0. The molecule has 0 atom stereocenters. The van der Waals surface area contributed by atoms with Gasteiger partial charge in [-0.15, -0.1) is 0 Å². The summed E-state index contributed by atoms with van der Waals surface area (Å²) in [6.07, 6.45) is 2.75. The molecule has 1 aromatic carbocycles. The third kappa shape index (κ3) is 3.27. The topological polar surface area (TPSA) is 72.0 Å². The minimum absolute atomic E-state index is 0.154. The Labute approximate surface area is 121 Å². The van der Waals surface area contributed by atoms with Gasteiger partial charge in [0.25, 0.3) is 10.0 Å². The second-order valence-electron chi connectivity index (χ2n) is 3.29. The Balaban J connectivity index is 2.30. The lowest BCUT2D eigenvalue weighted by molar-refractivity contribution is 0.601. The van der Waals surface area contributed by atoms with Crippen LogP contribution < -0.4 is 4.72 Å². The zero-order valence-electron chi connectivity index (χ0n) is 8.84. The zero-order chi connectivity index (χ0) is 13.2. The summed E-state index contributed by atoms with van der Waals surface area (Å²) in [4.78, 5) is 7.95. The maximum Gasteiger partial charge on any atom is 0.263 e. The molecule has 2 aromatic rings. The van der Waals surface area contributed by atoms with E-state index in [4.69, 9.17) is 0 Å². The standard InChI is InChI=1S/C10H7Br2N3O2S/c11-7-2-1-3-8(4-7)18(16,17)15-10-6-13-9(12)5-14-10/h1-6H,(H,14,15). The summed E-state index contributed by atoms with van der Waals surface area (Å²) in [5.74, 6) is 0.165. The number of rotatable bonds is 3. The van der Waals surface area contributed by atoms with E-state index in [9.17, 15) is 8.42 Å². The Morgan fingerprint density at radius 2 is 1.89 bits per heavy atom. The van der Waals surface area contributed by atoms with Crippen molar-refractivity contribution in [3.8, 4) is 0 Å². The Morgan fingerprint density at radius 1 is 1.11 bits per heavy atom. The number of aromatic nitrogens is 2. The van der Waals surface area contributed by atoms with E-state index in [1.165, 1.54) is 24.5 Å². The lowest BCUT2D eigenvalue weighted by Gasteiger charge is -2.07. The summed E-state index contributed by atoms with van der Waals surface area (Å²) in [7, 11) is -3.65. The molecular weight excluding hydrogens is 386 g/mol. The van der Waals surface area contributed by atoms with Crippen LogP contribution >= 0.6 is 31.9 Å². The highest BCUT2D eigenvalue weighted by molar-refractivity contribution is 9.10. The molecule has 0 saturated heterocycles. The van der Waals surface area contributed by atoms with Crippen LogP contribution in [0.2, 0.25) is 0 Å². The Hall–Kier alpha value is -0.990. The van der Waals surface area contributed by atoms with E-state index in [0.717, 1.165) is 0 Å². The van der Waals surface area contributed by atoms with Gasteiger partial charge in [0.15, 0.2) is 5.82 Å². The molecule has 18 heavy (non-hydrogen) atoms. The van der Waals surface area contributed by atoms with Gasteiger partial charge in [-0.1, -0.05) is 22.0 Å². The van der Waals surface area contributed by atoms with Crippen molar-refractivity contribution >= 4 is 47.7 Å². The molecule has 0 spiro atoms. The van der Waals surface area contributed by atoms with E-state index >= 15 is 0 Å². The molecule has 0 amide bonds. The molecule has 1 aromatic heterocycles. The number of anilines is 1. The van der Waals surface area contributed by atoms with Gasteiger partial charge in [-0.3, -0.25) is 4.72 Å². The molecule has 1 heterocycles. The zero-order valence-corrected chi connectivity index (χ0v) is 12.8. The van der Waals surface area contributed by atoms with Crippen LogP contribution in [0.3, 0.4) is 0 Å². The number of benzene rings is 1. The van der Waals surface area contributed by atoms with Crippen molar-refractivity contribution in [3.05, 3.63) is 45.7 Å². The molecule has 1 N–H and O–H groups in total. The fourth-order valence-electron chi connectivity index (χ4n) is 1.20. The van der Waals surface area contributed by atoms with Gasteiger partial charge < -0.3 is 0 Å². The Bertz CT molecular complexity index is 659. The van der Waals surface area contributed by atoms with Crippen molar-refractivity contribution in [3.63, 3.8) is 0 Å². The average molecular weight is 393 g/mol. The van der Waals surface area contributed by atoms with Gasteiger partial charge in [0, 0.05) is 4.47 Å². The van der Waals surface area contributed by atoms with Crippen LogP contribution in [0.1, 0.15) is 0 Å². The first-order chi connectivity index (χ1) is 8.47. The van der Waals surface area contributed by atoms with E-state index in [0.29, 0.717) is 9.08 Å². The third-order valence-electron chi connectivity index (χ3n) is 1.97. The average Bonchev–Trinajstić information content (AvgIpc) is 2.32. The lowest BCUT2D eigenvalue weighted by Crippen LogP contribution is -2.14. The summed E-state index contributed by atoms with van der Waals surface area (Å²) in [6, 6.07) is 6.40. The van der Waals surface area contributed by atoms with Crippen molar-refractivity contribution in [1.29, 1.82) is 0 Å². The SMILES string of the molecule is O=S(=O)(Nc1cnc(Br)cn1)c1cccc(Br)c1. The first-order valence-corrected chi connectivity index (χ1v) is 7.80. The van der Waals surface area contributed by atoms with Crippen molar-refractivity contribution in [1.82, 2.24) is 9.97 Å². The fraction of sp³-hybridized carbons (Fsp3) is 0. The number of halogens is 2. The highest BCUT2D eigenvalue weighted by atomic mass is 79.9. The van der Waals surface area contributed by atoms with Gasteiger partial charge in [-0.05, 0) is 34.1 Å². The second-order valence-corrected chi connectivity index (χ2v) is 6.70. The first kappa shape index (κ1) is 13.4. The second kappa shape index (κ2) is 5.33. The first-order valence-electron chi connectivity index (χ1n) is 4.73. The molecule has 0 aliphatic rings. The summed E-state index contributed by atoms with van der Waals surface area (Å²) >= 11 is 6.35. The van der Waals surface area contributed by atoms with Crippen LogP contribution in [0.4, 0.5) is 5.82 Å². The van der Waals surface area contributed by atoms with Gasteiger partial charge in [-0.2, -0.15) is 0 Å². The maximum atomic E-state index is 12.0. The molecule has 8 heteroatoms. The largest absolute Gasteiger partial charge is 0.263 e. The van der Waals surface area contributed by atoms with E-state index < -0.39 is 10.0 Å². The molecule has 2 rings (SSSR count). The van der Waals surface area contributed by atoms with Crippen molar-refractivity contribution in [2.75, 3.05) is 4.72 Å². The number of hydrogen-bond acceptors (Lipinski definition) is 4. The van der Waals surface area contributed by atoms with Gasteiger partial charge in [0.1, 0.15) is 4.60 Å². The van der Waals surface area contributed by atoms with Crippen LogP contribution in [-0.2, 0) is 10.0 Å². The van der Waals surface area contributed by atoms with E-state index in [1.807, 2.05) is 0 Å². The van der Waals surface area contributed by atoms with E-state index in [-0.39, 0.29) is 10.7 Å². The van der Waals surface area contributed by atoms with Gasteiger partial charge in [0.2, 0.25) is 0 Å². The molecule has 0 unspecified atom stereocenters.